The van der Waals surface area contributed by atoms with Gasteiger partial charge >= 0.3 is 5.97 Å². The van der Waals surface area contributed by atoms with E-state index in [1.165, 1.54) is 0 Å². The number of nitrogens with one attached hydrogen (secondary N) is 3. The molecule has 0 aliphatic carbocycles. The number of amides is 2. The molecule has 0 unspecified atom stereocenters. The van der Waals surface area contributed by atoms with E-state index in [4.69, 9.17) is 16.3 Å². The van der Waals surface area contributed by atoms with Gasteiger partial charge in [-0.1, -0.05) is 41.9 Å². The number of aromatic nitrogens is 2. The minimum Gasteiger partial charge on any atom is -0.456 e. The van der Waals surface area contributed by atoms with Crippen LogP contribution in [0.1, 0.15) is 22.5 Å². The van der Waals surface area contributed by atoms with Gasteiger partial charge in [-0.25, -0.2) is 0 Å². The second-order valence-electron chi connectivity index (χ2n) is 6.51. The number of H-pyrrole nitrogens is 1. The molecule has 0 aliphatic rings. The van der Waals surface area contributed by atoms with Crippen molar-refractivity contribution in [2.24, 2.45) is 0 Å². The quantitative estimate of drug-likeness (QED) is 0.452. The maximum absolute atomic E-state index is 12.2. The summed E-state index contributed by atoms with van der Waals surface area (Å²) in [5, 5.41) is 13.4. The lowest BCUT2D eigenvalue weighted by atomic mass is 10.1. The van der Waals surface area contributed by atoms with E-state index in [0.717, 1.165) is 11.1 Å². The van der Waals surface area contributed by atoms with Crippen molar-refractivity contribution in [1.29, 1.82) is 0 Å². The van der Waals surface area contributed by atoms with E-state index in [1.54, 1.807) is 18.2 Å². The first-order valence-corrected chi connectivity index (χ1v) is 9.79. The van der Waals surface area contributed by atoms with Gasteiger partial charge in [0.1, 0.15) is 0 Å². The zero-order chi connectivity index (χ0) is 21.3. The molecule has 2 aromatic carbocycles. The average Bonchev–Trinajstić information content (AvgIpc) is 3.18. The molecule has 156 valence electrons. The van der Waals surface area contributed by atoms with Crippen molar-refractivity contribution < 1.29 is 19.1 Å². The lowest BCUT2D eigenvalue weighted by molar-refractivity contribution is -0.148. The third-order valence-electron chi connectivity index (χ3n) is 4.31. The number of carbonyl (C=O) groups excluding carboxylic acids is 3. The Hall–Kier alpha value is -3.39. The summed E-state index contributed by atoms with van der Waals surface area (Å²) in [6, 6.07) is 14.6. The molecule has 3 rings (SSSR count). The number of aromatic amines is 1. The Morgan fingerprint density at radius 3 is 2.57 bits per heavy atom. The fraction of sp³-hybridized carbons (Fsp3) is 0.238. The number of nitrogens with zero attached hydrogens (tertiary/aromatic N) is 1. The average molecular weight is 429 g/mol. The van der Waals surface area contributed by atoms with E-state index in [1.807, 2.05) is 30.3 Å². The maximum atomic E-state index is 12.2. The monoisotopic (exact) mass is 428 g/mol. The van der Waals surface area contributed by atoms with Crippen LogP contribution in [-0.4, -0.2) is 47.7 Å². The normalized spacial score (nSPS) is 10.6. The van der Waals surface area contributed by atoms with Crippen LogP contribution in [0.4, 0.5) is 0 Å². The highest BCUT2D eigenvalue weighted by Crippen LogP contribution is 2.14. The van der Waals surface area contributed by atoms with E-state index in [2.05, 4.69) is 20.8 Å². The van der Waals surface area contributed by atoms with E-state index in [9.17, 15) is 14.4 Å². The standard InChI is InChI=1S/C21H21ClN4O4/c22-15-7-5-14(6-8-15)9-11-23-18(27)13-30-19(28)10-12-24-21(29)20-16-3-1-2-4-17(16)25-26-20/h1-8H,9-13H2,(H,23,27)(H,24,29)(H,25,26). The molecule has 2 amide bonds. The summed E-state index contributed by atoms with van der Waals surface area (Å²) in [5.41, 5.74) is 2.06. The van der Waals surface area contributed by atoms with Crippen LogP contribution in [0.3, 0.4) is 0 Å². The van der Waals surface area contributed by atoms with E-state index >= 15 is 0 Å². The van der Waals surface area contributed by atoms with Crippen LogP contribution in [-0.2, 0) is 20.7 Å². The molecule has 30 heavy (non-hydrogen) atoms. The predicted octanol–water partition coefficient (Wildman–Crippen LogP) is 2.24. The molecule has 3 aromatic rings. The molecule has 9 heteroatoms. The van der Waals surface area contributed by atoms with Crippen LogP contribution >= 0.6 is 11.6 Å². The second-order valence-corrected chi connectivity index (χ2v) is 6.95. The van der Waals surface area contributed by atoms with E-state index in [0.29, 0.717) is 23.4 Å². The molecule has 8 nitrogen and oxygen atoms in total. The van der Waals surface area contributed by atoms with Gasteiger partial charge in [0.05, 0.1) is 11.9 Å². The molecule has 0 saturated heterocycles. The molecule has 0 bridgehead atoms. The Morgan fingerprint density at radius 1 is 1.00 bits per heavy atom. The van der Waals surface area contributed by atoms with E-state index in [-0.39, 0.29) is 37.1 Å². The van der Waals surface area contributed by atoms with Gasteiger partial charge in [0.25, 0.3) is 11.8 Å². The summed E-state index contributed by atoms with van der Waals surface area (Å²) >= 11 is 5.82. The summed E-state index contributed by atoms with van der Waals surface area (Å²) in [6.07, 6.45) is 0.594. The molecular formula is C21H21ClN4O4. The highest BCUT2D eigenvalue weighted by molar-refractivity contribution is 6.30. The number of hydrogen-bond acceptors (Lipinski definition) is 5. The number of esters is 1. The molecule has 0 spiro atoms. The summed E-state index contributed by atoms with van der Waals surface area (Å²) < 4.78 is 4.92. The van der Waals surface area contributed by atoms with Crippen molar-refractivity contribution in [3.8, 4) is 0 Å². The van der Waals surface area contributed by atoms with Crippen molar-refractivity contribution >= 4 is 40.3 Å². The molecule has 0 saturated carbocycles. The van der Waals surface area contributed by atoms with Gasteiger partial charge in [0.2, 0.25) is 0 Å². The zero-order valence-electron chi connectivity index (χ0n) is 16.1. The fourth-order valence-electron chi connectivity index (χ4n) is 2.76. The number of para-hydroxylation sites is 1. The Labute approximate surface area is 177 Å². The zero-order valence-corrected chi connectivity index (χ0v) is 16.9. The number of benzene rings is 2. The molecule has 1 heterocycles. The van der Waals surface area contributed by atoms with Crippen LogP contribution < -0.4 is 10.6 Å². The molecule has 3 N–H and O–H groups in total. The van der Waals surface area contributed by atoms with Gasteiger partial charge in [-0.15, -0.1) is 0 Å². The van der Waals surface area contributed by atoms with Crippen LogP contribution in [0.25, 0.3) is 10.9 Å². The van der Waals surface area contributed by atoms with Crippen molar-refractivity contribution in [2.45, 2.75) is 12.8 Å². The molecule has 0 atom stereocenters. The summed E-state index contributed by atoms with van der Waals surface area (Å²) in [4.78, 5) is 35.7. The molecular weight excluding hydrogens is 408 g/mol. The van der Waals surface area contributed by atoms with Crippen LogP contribution in [0, 0.1) is 0 Å². The summed E-state index contributed by atoms with van der Waals surface area (Å²) in [5.74, 6) is -1.35. The number of ether oxygens (including phenoxy) is 1. The van der Waals surface area contributed by atoms with Gasteiger partial charge in [0, 0.05) is 23.5 Å². The van der Waals surface area contributed by atoms with Crippen LogP contribution in [0.15, 0.2) is 48.5 Å². The maximum Gasteiger partial charge on any atom is 0.308 e. The largest absolute Gasteiger partial charge is 0.456 e. The van der Waals surface area contributed by atoms with Crippen molar-refractivity contribution in [1.82, 2.24) is 20.8 Å². The van der Waals surface area contributed by atoms with Gasteiger partial charge in [-0.3, -0.25) is 19.5 Å². The lowest BCUT2D eigenvalue weighted by Gasteiger charge is -2.07. The smallest absolute Gasteiger partial charge is 0.308 e. The summed E-state index contributed by atoms with van der Waals surface area (Å²) in [7, 11) is 0. The van der Waals surface area contributed by atoms with Gasteiger partial charge in [-0.05, 0) is 30.2 Å². The first-order chi connectivity index (χ1) is 14.5. The Balaban J connectivity index is 1.31. The molecule has 1 aromatic heterocycles. The highest BCUT2D eigenvalue weighted by Gasteiger charge is 2.14. The third kappa shape index (κ3) is 6.05. The Bertz CT molecular complexity index is 1030. The predicted molar refractivity (Wildman–Crippen MR) is 112 cm³/mol. The fourth-order valence-corrected chi connectivity index (χ4v) is 2.89. The molecule has 0 fully saturated rings. The SMILES string of the molecule is O=C(COC(=O)CCNC(=O)c1n[nH]c2ccccc12)NCCc1ccc(Cl)cc1. The third-order valence-corrected chi connectivity index (χ3v) is 4.57. The molecule has 0 radical (unpaired) electrons. The van der Waals surface area contributed by atoms with Crippen molar-refractivity contribution in [3.05, 3.63) is 64.8 Å². The minimum atomic E-state index is -0.574. The minimum absolute atomic E-state index is 0.0495. The Morgan fingerprint density at radius 2 is 1.77 bits per heavy atom. The number of carbonyl (C=O) groups is 3. The molecule has 0 aliphatic heterocycles. The number of hydrogen-bond donors (Lipinski definition) is 3. The van der Waals surface area contributed by atoms with Crippen LogP contribution in [0.5, 0.6) is 0 Å². The first-order valence-electron chi connectivity index (χ1n) is 9.41. The first kappa shape index (κ1) is 21.3. The van der Waals surface area contributed by atoms with Crippen LogP contribution in [0.2, 0.25) is 5.02 Å². The highest BCUT2D eigenvalue weighted by atomic mass is 35.5. The number of halogens is 1. The Kier molecular flexibility index (Phi) is 7.40. The summed E-state index contributed by atoms with van der Waals surface area (Å²) in [6.45, 7) is 0.139. The number of rotatable bonds is 9. The van der Waals surface area contributed by atoms with E-state index < -0.39 is 5.97 Å². The van der Waals surface area contributed by atoms with Gasteiger partial charge in [-0.2, -0.15) is 5.10 Å². The van der Waals surface area contributed by atoms with Crippen molar-refractivity contribution in [3.63, 3.8) is 0 Å². The number of fused-ring (bicyclic) bond motifs is 1. The van der Waals surface area contributed by atoms with Gasteiger partial charge in [0.15, 0.2) is 12.3 Å². The second kappa shape index (κ2) is 10.4. The topological polar surface area (TPSA) is 113 Å². The lowest BCUT2D eigenvalue weighted by Crippen LogP contribution is -2.31. The van der Waals surface area contributed by atoms with Gasteiger partial charge < -0.3 is 15.4 Å². The van der Waals surface area contributed by atoms with Crippen molar-refractivity contribution in [2.75, 3.05) is 19.7 Å².